The molecule has 2 N–H and O–H groups in total. The van der Waals surface area contributed by atoms with Gasteiger partial charge in [0, 0.05) is 17.4 Å². The molecular weight excluding hydrogens is 457 g/mol. The van der Waals surface area contributed by atoms with Crippen molar-refractivity contribution in [1.82, 2.24) is 9.55 Å². The quantitative estimate of drug-likeness (QED) is 0.380. The van der Waals surface area contributed by atoms with Gasteiger partial charge < -0.3 is 10.5 Å². The Morgan fingerprint density at radius 2 is 2.23 bits per heavy atom. The summed E-state index contributed by atoms with van der Waals surface area (Å²) in [5.74, 6) is 0.369. The van der Waals surface area contributed by atoms with E-state index >= 15 is 0 Å². The van der Waals surface area contributed by atoms with Crippen LogP contribution in [0.1, 0.15) is 33.9 Å². The number of hydrogen-bond acceptors (Lipinski definition) is 10. The van der Waals surface area contributed by atoms with E-state index in [1.165, 1.54) is 16.8 Å². The zero-order valence-electron chi connectivity index (χ0n) is 17.1. The lowest BCUT2D eigenvalue weighted by Gasteiger charge is -2.34. The number of anilines is 1. The minimum Gasteiger partial charge on any atom is -0.383 e. The second-order valence-electron chi connectivity index (χ2n) is 8.21. The summed E-state index contributed by atoms with van der Waals surface area (Å²) >= 11 is 7.77. The molecule has 0 saturated carbocycles. The Labute approximate surface area is 183 Å². The van der Waals surface area contributed by atoms with Gasteiger partial charge in [-0.05, 0) is 13.0 Å². The molecule has 2 aliphatic heterocycles. The van der Waals surface area contributed by atoms with Crippen molar-refractivity contribution < 1.29 is 27.7 Å². The van der Waals surface area contributed by atoms with Gasteiger partial charge >= 0.3 is 13.5 Å². The summed E-state index contributed by atoms with van der Waals surface area (Å²) in [7, 11) is -3.91. The number of phosphoric acid groups is 1. The number of hydrogen-bond donors (Lipinski definition) is 1. The van der Waals surface area contributed by atoms with Crippen LogP contribution in [0.2, 0.25) is 0 Å². The third-order valence-corrected chi connectivity index (χ3v) is 7.70. The fourth-order valence-electron chi connectivity index (χ4n) is 3.02. The number of aromatic nitrogens is 2. The molecule has 168 valence electrons. The van der Waals surface area contributed by atoms with E-state index in [1.54, 1.807) is 6.92 Å². The summed E-state index contributed by atoms with van der Waals surface area (Å²) in [5.41, 5.74) is 4.41. The number of fused-ring (bicyclic) bond motifs is 1. The van der Waals surface area contributed by atoms with E-state index < -0.39 is 42.2 Å². The molecule has 1 aromatic heterocycles. The Balaban J connectivity index is 1.65. The van der Waals surface area contributed by atoms with Crippen molar-refractivity contribution in [2.24, 2.45) is 5.41 Å². The summed E-state index contributed by atoms with van der Waals surface area (Å²) < 4.78 is 36.2. The highest BCUT2D eigenvalue weighted by molar-refractivity contribution is 8.13. The van der Waals surface area contributed by atoms with Crippen molar-refractivity contribution in [2.45, 2.75) is 51.0 Å². The molecule has 0 bridgehead atoms. The summed E-state index contributed by atoms with van der Waals surface area (Å²) in [6.45, 7) is 6.97. The van der Waals surface area contributed by atoms with E-state index in [2.05, 4.69) is 4.98 Å². The Hall–Kier alpha value is -0.940. The monoisotopic (exact) mass is 481 g/mol. The van der Waals surface area contributed by atoms with Crippen LogP contribution in [0.3, 0.4) is 0 Å². The van der Waals surface area contributed by atoms with Crippen LogP contribution in [0.4, 0.5) is 5.82 Å². The van der Waals surface area contributed by atoms with E-state index in [0.29, 0.717) is 5.75 Å². The molecule has 0 aliphatic carbocycles. The smallest absolute Gasteiger partial charge is 0.383 e. The molecule has 2 saturated heterocycles. The first-order valence-corrected chi connectivity index (χ1v) is 12.1. The van der Waals surface area contributed by atoms with Crippen LogP contribution in [0.15, 0.2) is 17.1 Å². The lowest BCUT2D eigenvalue weighted by atomic mass is 10.00. The molecule has 1 aromatic rings. The molecule has 3 rings (SSSR count). The number of nitrogens with two attached hydrogens (primary N) is 1. The highest BCUT2D eigenvalue weighted by atomic mass is 35.5. The lowest BCUT2D eigenvalue weighted by Crippen LogP contribution is -2.45. The minimum absolute atomic E-state index is 0.00200. The SMILES string of the molecule is CC(C)(C)C(=O)SCCOP1(=O)OCC2OC(n3ccc(N)nc3=O)C(C)(Cl)C2O1. The second-order valence-corrected chi connectivity index (χ2v) is 11.7. The van der Waals surface area contributed by atoms with Gasteiger partial charge in [-0.1, -0.05) is 32.5 Å². The normalized spacial score (nSPS) is 34.0. The molecule has 2 fully saturated rings. The van der Waals surface area contributed by atoms with E-state index in [9.17, 15) is 14.2 Å². The molecule has 0 aromatic carbocycles. The number of carbonyl (C=O) groups excluding carboxylic acids is 1. The lowest BCUT2D eigenvalue weighted by molar-refractivity contribution is -0.117. The fourth-order valence-corrected chi connectivity index (χ4v) is 5.80. The molecule has 5 atom stereocenters. The van der Waals surface area contributed by atoms with Crippen molar-refractivity contribution in [3.05, 3.63) is 22.7 Å². The molecule has 30 heavy (non-hydrogen) atoms. The van der Waals surface area contributed by atoms with Crippen molar-refractivity contribution in [3.63, 3.8) is 0 Å². The minimum atomic E-state index is -3.91. The number of carbonyl (C=O) groups is 1. The van der Waals surface area contributed by atoms with Crippen molar-refractivity contribution in [1.29, 1.82) is 0 Å². The van der Waals surface area contributed by atoms with Crippen molar-refractivity contribution in [3.8, 4) is 0 Å². The molecule has 13 heteroatoms. The summed E-state index contributed by atoms with van der Waals surface area (Å²) in [5, 5.41) is -0.00200. The van der Waals surface area contributed by atoms with Crippen LogP contribution >= 0.6 is 31.2 Å². The van der Waals surface area contributed by atoms with Crippen LogP contribution in [0.25, 0.3) is 0 Å². The first-order valence-electron chi connectivity index (χ1n) is 9.27. The maximum absolute atomic E-state index is 12.9. The third kappa shape index (κ3) is 4.93. The van der Waals surface area contributed by atoms with Gasteiger partial charge in [0.05, 0.1) is 13.2 Å². The van der Waals surface area contributed by atoms with Gasteiger partial charge in [-0.25, -0.2) is 9.36 Å². The predicted molar refractivity (Wildman–Crippen MR) is 112 cm³/mol. The number of halogens is 1. The average Bonchev–Trinajstić information content (AvgIpc) is 2.88. The Morgan fingerprint density at radius 3 is 2.87 bits per heavy atom. The highest BCUT2D eigenvalue weighted by Crippen LogP contribution is 2.59. The van der Waals surface area contributed by atoms with Gasteiger partial charge in [-0.2, -0.15) is 4.98 Å². The van der Waals surface area contributed by atoms with Crippen LogP contribution in [0, 0.1) is 5.41 Å². The number of rotatable bonds is 5. The maximum atomic E-state index is 12.9. The first kappa shape index (κ1) is 23.7. The summed E-state index contributed by atoms with van der Waals surface area (Å²) in [6, 6.07) is 1.45. The van der Waals surface area contributed by atoms with Crippen LogP contribution < -0.4 is 11.4 Å². The standard InChI is InChI=1S/C17H25ClN3O7PS/c1-16(2,3)14(22)30-8-7-25-29(24)26-9-10-12(28-29)17(4,18)13(27-10)21-6-5-11(19)20-15(21)23/h5-6,10,12-13H,7-9H2,1-4H3,(H2,19,20,23). The molecule has 0 radical (unpaired) electrons. The average molecular weight is 482 g/mol. The Morgan fingerprint density at radius 1 is 1.53 bits per heavy atom. The highest BCUT2D eigenvalue weighted by Gasteiger charge is 2.60. The van der Waals surface area contributed by atoms with Gasteiger partial charge in [-0.3, -0.25) is 22.9 Å². The second kappa shape index (κ2) is 8.54. The molecule has 5 unspecified atom stereocenters. The van der Waals surface area contributed by atoms with Gasteiger partial charge in [0.15, 0.2) is 11.3 Å². The maximum Gasteiger partial charge on any atom is 0.475 e. The number of nitrogen functional groups attached to an aromatic ring is 1. The molecular formula is C17H25ClN3O7PS. The van der Waals surface area contributed by atoms with Gasteiger partial charge in [-0.15, -0.1) is 11.6 Å². The van der Waals surface area contributed by atoms with Gasteiger partial charge in [0.25, 0.3) is 0 Å². The number of ether oxygens (including phenoxy) is 1. The molecule has 2 aliphatic rings. The van der Waals surface area contributed by atoms with Crippen molar-refractivity contribution in [2.75, 3.05) is 24.7 Å². The topological polar surface area (TPSA) is 132 Å². The Kier molecular flexibility index (Phi) is 6.75. The number of nitrogens with zero attached hydrogens (tertiary/aromatic N) is 2. The predicted octanol–water partition coefficient (Wildman–Crippen LogP) is 2.57. The molecule has 10 nitrogen and oxygen atoms in total. The molecule has 3 heterocycles. The first-order chi connectivity index (χ1) is 13.8. The van der Waals surface area contributed by atoms with Crippen LogP contribution in [-0.2, 0) is 27.7 Å². The molecule has 0 amide bonds. The Bertz CT molecular complexity index is 919. The van der Waals surface area contributed by atoms with Crippen LogP contribution in [0.5, 0.6) is 0 Å². The van der Waals surface area contributed by atoms with E-state index in [0.717, 1.165) is 11.8 Å². The largest absolute Gasteiger partial charge is 0.475 e. The third-order valence-electron chi connectivity index (χ3n) is 4.60. The van der Waals surface area contributed by atoms with Crippen LogP contribution in [-0.4, -0.2) is 50.7 Å². The zero-order valence-corrected chi connectivity index (χ0v) is 19.5. The summed E-state index contributed by atoms with van der Waals surface area (Å²) in [4.78, 5) is 26.6. The van der Waals surface area contributed by atoms with Gasteiger partial charge in [0.2, 0.25) is 0 Å². The number of alkyl halides is 1. The summed E-state index contributed by atoms with van der Waals surface area (Å²) in [6.07, 6.45) is -1.04. The fraction of sp³-hybridized carbons (Fsp3) is 0.706. The molecule has 0 spiro atoms. The zero-order chi connectivity index (χ0) is 22.3. The van der Waals surface area contributed by atoms with Crippen molar-refractivity contribution >= 4 is 42.1 Å². The van der Waals surface area contributed by atoms with E-state index in [1.807, 2.05) is 20.8 Å². The number of thioether (sulfide) groups is 1. The number of phosphoric ester groups is 1. The van der Waals surface area contributed by atoms with E-state index in [-0.39, 0.29) is 24.1 Å². The van der Waals surface area contributed by atoms with E-state index in [4.69, 9.17) is 35.6 Å². The van der Waals surface area contributed by atoms with Gasteiger partial charge in [0.1, 0.15) is 22.9 Å².